The molecule has 0 aliphatic heterocycles. The zero-order valence-corrected chi connectivity index (χ0v) is 13.7. The quantitative estimate of drug-likeness (QED) is 0.845. The number of nitrogens with one attached hydrogen (secondary N) is 1. The highest BCUT2D eigenvalue weighted by atomic mass is 35.5. The van der Waals surface area contributed by atoms with Crippen molar-refractivity contribution in [3.63, 3.8) is 0 Å². The smallest absolute Gasteiger partial charge is 0.258 e. The van der Waals surface area contributed by atoms with E-state index in [1.807, 2.05) is 18.2 Å². The first-order chi connectivity index (χ1) is 11.1. The van der Waals surface area contributed by atoms with Gasteiger partial charge in [-0.15, -0.1) is 0 Å². The number of amides is 1. The number of halogens is 1. The molecule has 0 saturated carbocycles. The molecule has 0 bridgehead atoms. The highest BCUT2D eigenvalue weighted by Crippen LogP contribution is 2.25. The Morgan fingerprint density at radius 2 is 1.83 bits per heavy atom. The molecule has 2 aromatic rings. The van der Waals surface area contributed by atoms with E-state index in [0.29, 0.717) is 28.8 Å². The van der Waals surface area contributed by atoms with E-state index in [1.165, 1.54) is 0 Å². The monoisotopic (exact) mass is 335 g/mol. The van der Waals surface area contributed by atoms with Gasteiger partial charge >= 0.3 is 0 Å². The normalized spacial score (nSPS) is 10.0. The van der Waals surface area contributed by atoms with E-state index in [0.717, 1.165) is 5.56 Å². The molecule has 0 atom stereocenters. The van der Waals surface area contributed by atoms with Crippen LogP contribution in [0.2, 0.25) is 5.02 Å². The fourth-order valence-corrected chi connectivity index (χ4v) is 2.16. The maximum atomic E-state index is 11.9. The standard InChI is InChI=1S/C17H18ClNO4/c1-21-13-8-7-12(14(18)9-13)10-19-17(20)11-23-16-6-4-3-5-15(16)22-2/h3-9H,10-11H2,1-2H3,(H,19,20). The van der Waals surface area contributed by atoms with Crippen molar-refractivity contribution < 1.29 is 19.0 Å². The van der Waals surface area contributed by atoms with E-state index >= 15 is 0 Å². The van der Waals surface area contributed by atoms with Crippen molar-refractivity contribution in [2.75, 3.05) is 20.8 Å². The molecular weight excluding hydrogens is 318 g/mol. The van der Waals surface area contributed by atoms with Crippen molar-refractivity contribution in [2.45, 2.75) is 6.54 Å². The summed E-state index contributed by atoms with van der Waals surface area (Å²) in [6, 6.07) is 12.5. The molecule has 122 valence electrons. The van der Waals surface area contributed by atoms with Crippen LogP contribution in [0.4, 0.5) is 0 Å². The van der Waals surface area contributed by atoms with Crippen molar-refractivity contribution in [2.24, 2.45) is 0 Å². The van der Waals surface area contributed by atoms with Gasteiger partial charge in [0.05, 0.1) is 14.2 Å². The summed E-state index contributed by atoms with van der Waals surface area (Å²) >= 11 is 6.13. The molecule has 0 aliphatic carbocycles. The Labute approximate surface area is 140 Å². The van der Waals surface area contributed by atoms with Gasteiger partial charge in [-0.2, -0.15) is 0 Å². The number of rotatable bonds is 7. The number of carbonyl (C=O) groups is 1. The zero-order valence-electron chi connectivity index (χ0n) is 13.0. The van der Waals surface area contributed by atoms with Gasteiger partial charge in [0.25, 0.3) is 5.91 Å². The van der Waals surface area contributed by atoms with E-state index < -0.39 is 0 Å². The van der Waals surface area contributed by atoms with Crippen molar-refractivity contribution in [1.29, 1.82) is 0 Å². The van der Waals surface area contributed by atoms with Crippen LogP contribution in [-0.4, -0.2) is 26.7 Å². The lowest BCUT2D eigenvalue weighted by Gasteiger charge is -2.11. The summed E-state index contributed by atoms with van der Waals surface area (Å²) in [6.07, 6.45) is 0. The van der Waals surface area contributed by atoms with E-state index in [9.17, 15) is 4.79 Å². The minimum absolute atomic E-state index is 0.103. The largest absolute Gasteiger partial charge is 0.497 e. The molecule has 1 N–H and O–H groups in total. The zero-order chi connectivity index (χ0) is 16.7. The molecule has 0 unspecified atom stereocenters. The minimum Gasteiger partial charge on any atom is -0.497 e. The van der Waals surface area contributed by atoms with Gasteiger partial charge in [0.2, 0.25) is 0 Å². The first-order valence-corrected chi connectivity index (χ1v) is 7.36. The summed E-state index contributed by atoms with van der Waals surface area (Å²) in [7, 11) is 3.12. The molecule has 2 rings (SSSR count). The molecular formula is C17H18ClNO4. The molecule has 0 aromatic heterocycles. The summed E-state index contributed by atoms with van der Waals surface area (Å²) in [5.41, 5.74) is 0.804. The van der Waals surface area contributed by atoms with Gasteiger partial charge in [0.1, 0.15) is 5.75 Å². The van der Waals surface area contributed by atoms with E-state index in [-0.39, 0.29) is 12.5 Å². The number of methoxy groups -OCH3 is 2. The van der Waals surface area contributed by atoms with E-state index in [4.69, 9.17) is 25.8 Å². The lowest BCUT2D eigenvalue weighted by molar-refractivity contribution is -0.123. The molecule has 0 spiro atoms. The van der Waals surface area contributed by atoms with Gasteiger partial charge in [0, 0.05) is 11.6 Å². The van der Waals surface area contributed by atoms with Gasteiger partial charge in [0.15, 0.2) is 18.1 Å². The molecule has 0 saturated heterocycles. The van der Waals surface area contributed by atoms with Crippen LogP contribution in [0.15, 0.2) is 42.5 Å². The summed E-state index contributed by atoms with van der Waals surface area (Å²) in [5, 5.41) is 3.29. The lowest BCUT2D eigenvalue weighted by atomic mass is 10.2. The third kappa shape index (κ3) is 4.79. The van der Waals surface area contributed by atoms with Crippen LogP contribution < -0.4 is 19.5 Å². The molecule has 6 heteroatoms. The predicted octanol–water partition coefficient (Wildman–Crippen LogP) is 3.05. The molecule has 0 radical (unpaired) electrons. The number of hydrogen-bond acceptors (Lipinski definition) is 4. The van der Waals surface area contributed by atoms with Crippen molar-refractivity contribution in [1.82, 2.24) is 5.32 Å². The summed E-state index contributed by atoms with van der Waals surface area (Å²) in [4.78, 5) is 11.9. The van der Waals surface area contributed by atoms with Gasteiger partial charge in [-0.3, -0.25) is 4.79 Å². The second-order valence-corrected chi connectivity index (χ2v) is 5.08. The highest BCUT2D eigenvalue weighted by molar-refractivity contribution is 6.31. The van der Waals surface area contributed by atoms with Crippen LogP contribution in [-0.2, 0) is 11.3 Å². The second-order valence-electron chi connectivity index (χ2n) is 4.67. The fraction of sp³-hybridized carbons (Fsp3) is 0.235. The first-order valence-electron chi connectivity index (χ1n) is 6.99. The van der Waals surface area contributed by atoms with Crippen LogP contribution in [0.1, 0.15) is 5.56 Å². The van der Waals surface area contributed by atoms with Gasteiger partial charge < -0.3 is 19.5 Å². The summed E-state index contributed by atoms with van der Waals surface area (Å²) in [6.45, 7) is 0.213. The maximum Gasteiger partial charge on any atom is 0.258 e. The van der Waals surface area contributed by atoms with Crippen molar-refractivity contribution in [3.05, 3.63) is 53.1 Å². The highest BCUT2D eigenvalue weighted by Gasteiger charge is 2.08. The molecule has 0 aliphatic rings. The molecule has 0 heterocycles. The molecule has 0 fully saturated rings. The SMILES string of the molecule is COc1ccc(CNC(=O)COc2ccccc2OC)c(Cl)c1. The Hall–Kier alpha value is -2.40. The number of benzene rings is 2. The topological polar surface area (TPSA) is 56.8 Å². The third-order valence-corrected chi connectivity index (χ3v) is 3.52. The van der Waals surface area contributed by atoms with Gasteiger partial charge in [-0.1, -0.05) is 29.8 Å². The van der Waals surface area contributed by atoms with Gasteiger partial charge in [-0.25, -0.2) is 0 Å². The van der Waals surface area contributed by atoms with Crippen molar-refractivity contribution >= 4 is 17.5 Å². The Balaban J connectivity index is 1.86. The number of hydrogen-bond donors (Lipinski definition) is 1. The minimum atomic E-state index is -0.247. The Morgan fingerprint density at radius 3 is 2.48 bits per heavy atom. The lowest BCUT2D eigenvalue weighted by Crippen LogP contribution is -2.28. The first kappa shape index (κ1) is 17.0. The summed E-state index contributed by atoms with van der Waals surface area (Å²) in [5.74, 6) is 1.53. The average Bonchev–Trinajstić information content (AvgIpc) is 2.58. The van der Waals surface area contributed by atoms with E-state index in [2.05, 4.69) is 5.32 Å². The number of para-hydroxylation sites is 2. The molecule has 2 aromatic carbocycles. The number of carbonyl (C=O) groups excluding carboxylic acids is 1. The van der Waals surface area contributed by atoms with Crippen LogP contribution in [0.3, 0.4) is 0 Å². The fourth-order valence-electron chi connectivity index (χ4n) is 1.92. The molecule has 5 nitrogen and oxygen atoms in total. The second kappa shape index (κ2) is 8.29. The maximum absolute atomic E-state index is 11.9. The summed E-state index contributed by atoms with van der Waals surface area (Å²) < 4.78 is 15.7. The molecule has 23 heavy (non-hydrogen) atoms. The van der Waals surface area contributed by atoms with Gasteiger partial charge in [-0.05, 0) is 29.8 Å². The Morgan fingerprint density at radius 1 is 1.09 bits per heavy atom. The predicted molar refractivity (Wildman–Crippen MR) is 88.3 cm³/mol. The Bertz CT molecular complexity index is 675. The molecule has 1 amide bonds. The Kier molecular flexibility index (Phi) is 6.11. The van der Waals surface area contributed by atoms with Crippen LogP contribution in [0.5, 0.6) is 17.2 Å². The van der Waals surface area contributed by atoms with Crippen LogP contribution >= 0.6 is 11.6 Å². The van der Waals surface area contributed by atoms with Crippen molar-refractivity contribution in [3.8, 4) is 17.2 Å². The van der Waals surface area contributed by atoms with Crippen LogP contribution in [0.25, 0.3) is 0 Å². The van der Waals surface area contributed by atoms with Crippen LogP contribution in [0, 0.1) is 0 Å². The van der Waals surface area contributed by atoms with E-state index in [1.54, 1.807) is 38.5 Å². The third-order valence-electron chi connectivity index (χ3n) is 3.16. The number of ether oxygens (including phenoxy) is 3. The average molecular weight is 336 g/mol.